The molecule has 0 bridgehead atoms. The van der Waals surface area contributed by atoms with Crippen molar-refractivity contribution in [3.63, 3.8) is 0 Å². The smallest absolute Gasteiger partial charge is 0.340 e. The molecule has 0 N–H and O–H groups in total. The number of fused-ring (bicyclic) bond motifs is 1. The van der Waals surface area contributed by atoms with Crippen LogP contribution in [0.15, 0.2) is 40.9 Å². The van der Waals surface area contributed by atoms with Crippen molar-refractivity contribution in [1.82, 2.24) is 4.57 Å². The lowest BCUT2D eigenvalue weighted by atomic mass is 10.1. The zero-order valence-electron chi connectivity index (χ0n) is 18.3. The molecule has 0 aliphatic heterocycles. The number of rotatable bonds is 8. The summed E-state index contributed by atoms with van der Waals surface area (Å²) in [5.41, 5.74) is 1.28. The van der Waals surface area contributed by atoms with Crippen molar-refractivity contribution in [2.45, 2.75) is 46.8 Å². The van der Waals surface area contributed by atoms with Gasteiger partial charge >= 0.3 is 13.3 Å². The fraction of sp³-hybridized carbons (Fsp3) is 0.391. The quantitative estimate of drug-likeness (QED) is 0.290. The molecule has 4 nitrogen and oxygen atoms in total. The number of aryl methyl sites for hydroxylation is 2. The third-order valence-electron chi connectivity index (χ3n) is 5.50. The average Bonchev–Trinajstić information content (AvgIpc) is 2.94. The van der Waals surface area contributed by atoms with Crippen molar-refractivity contribution in [1.29, 1.82) is 0 Å². The van der Waals surface area contributed by atoms with Crippen LogP contribution in [0.5, 0.6) is 0 Å². The van der Waals surface area contributed by atoms with Crippen LogP contribution in [0.1, 0.15) is 41.8 Å². The minimum atomic E-state index is -4.66. The van der Waals surface area contributed by atoms with Crippen molar-refractivity contribution >= 4 is 34.4 Å². The molecule has 8 heteroatoms. The predicted molar refractivity (Wildman–Crippen MR) is 124 cm³/mol. The first-order valence-electron chi connectivity index (χ1n) is 10.2. The highest BCUT2D eigenvalue weighted by molar-refractivity contribution is 9.10. The molecule has 0 spiro atoms. The number of hydrogen-bond acceptors (Lipinski definition) is 3. The summed E-state index contributed by atoms with van der Waals surface area (Å²) < 4.78 is 55.3. The second-order valence-electron chi connectivity index (χ2n) is 7.46. The maximum atomic E-state index is 15.2. The van der Waals surface area contributed by atoms with E-state index >= 15 is 8.78 Å². The van der Waals surface area contributed by atoms with Crippen LogP contribution in [0, 0.1) is 20.8 Å². The van der Waals surface area contributed by atoms with E-state index in [1.54, 1.807) is 12.1 Å². The van der Waals surface area contributed by atoms with Gasteiger partial charge in [0.2, 0.25) is 0 Å². The molecule has 1 heterocycles. The lowest BCUT2D eigenvalue weighted by molar-refractivity contribution is 0.0354. The molecule has 0 atom stereocenters. The number of para-hydroxylation sites is 1. The number of nitrogens with zero attached hydrogens (tertiary/aromatic N) is 1. The highest BCUT2D eigenvalue weighted by Gasteiger charge is 2.55. The van der Waals surface area contributed by atoms with Crippen LogP contribution in [-0.2, 0) is 25.8 Å². The van der Waals surface area contributed by atoms with E-state index in [9.17, 15) is 4.57 Å². The average molecular weight is 514 g/mol. The number of alkyl halides is 2. The third kappa shape index (κ3) is 4.25. The molecule has 0 fully saturated rings. The van der Waals surface area contributed by atoms with Crippen LogP contribution in [0.2, 0.25) is 0 Å². The third-order valence-corrected chi connectivity index (χ3v) is 8.28. The summed E-state index contributed by atoms with van der Waals surface area (Å²) in [5.74, 6) is 0. The van der Waals surface area contributed by atoms with E-state index in [0.717, 1.165) is 22.3 Å². The Morgan fingerprint density at radius 1 is 1.06 bits per heavy atom. The van der Waals surface area contributed by atoms with Crippen LogP contribution in [0.4, 0.5) is 8.78 Å². The monoisotopic (exact) mass is 513 g/mol. The Labute approximate surface area is 190 Å². The van der Waals surface area contributed by atoms with Crippen molar-refractivity contribution in [2.24, 2.45) is 0 Å². The predicted octanol–water partition coefficient (Wildman–Crippen LogP) is 7.69. The van der Waals surface area contributed by atoms with E-state index in [-0.39, 0.29) is 17.7 Å². The number of hydrogen-bond donors (Lipinski definition) is 0. The SMILES string of the molecule is CCOP(=O)(OCC)C(F)(F)c1ccc(Cn2c(C)c(C)c3cccc(C)c32)cc1Br. The summed E-state index contributed by atoms with van der Waals surface area (Å²) in [5, 5.41) is 1.19. The zero-order valence-corrected chi connectivity index (χ0v) is 20.8. The molecule has 0 saturated heterocycles. The van der Waals surface area contributed by atoms with Gasteiger partial charge in [0, 0.05) is 27.7 Å². The molecular weight excluding hydrogens is 487 g/mol. The fourth-order valence-electron chi connectivity index (χ4n) is 3.85. The second-order valence-corrected chi connectivity index (χ2v) is 10.4. The number of aromatic nitrogens is 1. The van der Waals surface area contributed by atoms with Crippen LogP contribution in [0.3, 0.4) is 0 Å². The summed E-state index contributed by atoms with van der Waals surface area (Å²) in [6, 6.07) is 10.8. The minimum Gasteiger partial charge on any atom is -0.340 e. The molecule has 2 aromatic carbocycles. The van der Waals surface area contributed by atoms with E-state index in [1.165, 1.54) is 30.9 Å². The van der Waals surface area contributed by atoms with E-state index in [4.69, 9.17) is 9.05 Å². The van der Waals surface area contributed by atoms with Gasteiger partial charge in [-0.3, -0.25) is 4.57 Å². The van der Waals surface area contributed by atoms with Crippen molar-refractivity contribution in [3.05, 3.63) is 68.8 Å². The molecule has 168 valence electrons. The van der Waals surface area contributed by atoms with E-state index in [2.05, 4.69) is 53.4 Å². The number of halogens is 3. The largest absolute Gasteiger partial charge is 0.404 e. The van der Waals surface area contributed by atoms with Gasteiger partial charge in [-0.15, -0.1) is 0 Å². The van der Waals surface area contributed by atoms with Crippen LogP contribution >= 0.6 is 23.5 Å². The number of benzene rings is 2. The molecule has 0 saturated carbocycles. The summed E-state index contributed by atoms with van der Waals surface area (Å²) in [4.78, 5) is 0. The Bertz CT molecular complexity index is 1150. The molecule has 0 aliphatic carbocycles. The maximum absolute atomic E-state index is 15.2. The molecule has 3 aromatic rings. The highest BCUT2D eigenvalue weighted by Crippen LogP contribution is 2.67. The molecular formula is C23H27BrF2NO3P. The van der Waals surface area contributed by atoms with Gasteiger partial charge in [-0.05, 0) is 57.4 Å². The lowest BCUT2D eigenvalue weighted by Crippen LogP contribution is -2.19. The fourth-order valence-corrected chi connectivity index (χ4v) is 6.25. The molecule has 0 radical (unpaired) electrons. The highest BCUT2D eigenvalue weighted by atomic mass is 79.9. The molecule has 0 unspecified atom stereocenters. The lowest BCUT2D eigenvalue weighted by Gasteiger charge is -2.27. The van der Waals surface area contributed by atoms with E-state index in [1.807, 2.05) is 6.07 Å². The topological polar surface area (TPSA) is 40.5 Å². The summed E-state index contributed by atoms with van der Waals surface area (Å²) >= 11 is 3.26. The van der Waals surface area contributed by atoms with E-state index in [0.29, 0.717) is 6.54 Å². The Hall–Kier alpha value is -1.53. The standard InChI is InChI=1S/C23H27BrF2NO3P/c1-6-29-31(28,30-7-2)23(25,26)20-12-11-18(13-21(20)24)14-27-17(5)16(4)19-10-8-9-15(3)22(19)27/h8-13H,6-7,14H2,1-5H3. The van der Waals surface area contributed by atoms with E-state index < -0.39 is 18.8 Å². The summed E-state index contributed by atoms with van der Waals surface area (Å²) in [7, 11) is -4.66. The zero-order chi connectivity index (χ0) is 23.0. The first-order valence-corrected chi connectivity index (χ1v) is 12.5. The van der Waals surface area contributed by atoms with Crippen LogP contribution in [0.25, 0.3) is 10.9 Å². The van der Waals surface area contributed by atoms with Gasteiger partial charge in [0.1, 0.15) is 0 Å². The molecule has 0 amide bonds. The molecule has 0 aliphatic rings. The van der Waals surface area contributed by atoms with Crippen LogP contribution < -0.4 is 0 Å². The summed E-state index contributed by atoms with van der Waals surface area (Å²) in [6.07, 6.45) is 0. The summed E-state index contributed by atoms with van der Waals surface area (Å²) in [6.45, 7) is 9.49. The van der Waals surface area contributed by atoms with Gasteiger partial charge in [-0.1, -0.05) is 46.3 Å². The Morgan fingerprint density at radius 2 is 1.71 bits per heavy atom. The van der Waals surface area contributed by atoms with Crippen molar-refractivity contribution < 1.29 is 22.4 Å². The van der Waals surface area contributed by atoms with Crippen LogP contribution in [-0.4, -0.2) is 17.8 Å². The van der Waals surface area contributed by atoms with Crippen molar-refractivity contribution in [2.75, 3.05) is 13.2 Å². The van der Waals surface area contributed by atoms with Gasteiger partial charge < -0.3 is 13.6 Å². The van der Waals surface area contributed by atoms with Gasteiger partial charge in [-0.2, -0.15) is 8.78 Å². The van der Waals surface area contributed by atoms with Gasteiger partial charge in [0.15, 0.2) is 0 Å². The van der Waals surface area contributed by atoms with Gasteiger partial charge in [0.25, 0.3) is 0 Å². The minimum absolute atomic E-state index is 0.138. The first-order chi connectivity index (χ1) is 14.6. The second kappa shape index (κ2) is 9.14. The molecule has 3 rings (SSSR count). The first kappa shape index (κ1) is 24.1. The van der Waals surface area contributed by atoms with Gasteiger partial charge in [-0.25, -0.2) is 0 Å². The van der Waals surface area contributed by atoms with Gasteiger partial charge in [0.05, 0.1) is 18.7 Å². The molecule has 31 heavy (non-hydrogen) atoms. The van der Waals surface area contributed by atoms with Crippen molar-refractivity contribution in [3.8, 4) is 0 Å². The normalized spacial score (nSPS) is 12.6. The Kier molecular flexibility index (Phi) is 7.11. The maximum Gasteiger partial charge on any atom is 0.404 e. The Balaban J connectivity index is 2.02. The Morgan fingerprint density at radius 3 is 2.29 bits per heavy atom. The molecule has 1 aromatic heterocycles.